The smallest absolute Gasteiger partial charge is 0.268 e. The highest BCUT2D eigenvalue weighted by Gasteiger charge is 2.47. The molecule has 2 amide bonds. The molecule has 0 spiro atoms. The van der Waals surface area contributed by atoms with Crippen molar-refractivity contribution >= 4 is 29.1 Å². The highest BCUT2D eigenvalue weighted by atomic mass is 35.5. The van der Waals surface area contributed by atoms with Crippen molar-refractivity contribution in [2.45, 2.75) is 24.8 Å². The molecule has 0 aromatic heterocycles. The van der Waals surface area contributed by atoms with Crippen molar-refractivity contribution in [1.29, 1.82) is 5.26 Å². The molecular formula is C14H12ClF2N3O2. The molecule has 5 nitrogen and oxygen atoms in total. The predicted molar refractivity (Wildman–Crippen MR) is 75.4 cm³/mol. The molecule has 1 aliphatic rings. The molecule has 1 heterocycles. The first kappa shape index (κ1) is 16.2. The number of carbonyl (C=O) groups excluding carboxylic acids is 2. The standard InChI is InChI=1S/C14H12ClF2N3O2/c15-9-1-3-10(4-2-9)19-12(21)5-13(22)20-8-14(16,17)6-11(20)7-18/h1-4,11H,5-6,8H2,(H,19,21). The largest absolute Gasteiger partial charge is 0.326 e. The average molecular weight is 328 g/mol. The molecule has 1 atom stereocenters. The Morgan fingerprint density at radius 1 is 1.41 bits per heavy atom. The summed E-state index contributed by atoms with van der Waals surface area (Å²) >= 11 is 5.70. The summed E-state index contributed by atoms with van der Waals surface area (Å²) in [4.78, 5) is 24.4. The van der Waals surface area contributed by atoms with Gasteiger partial charge < -0.3 is 10.2 Å². The fourth-order valence-electron chi connectivity index (χ4n) is 2.17. The average Bonchev–Trinajstić information content (AvgIpc) is 2.76. The Morgan fingerprint density at radius 3 is 2.64 bits per heavy atom. The Balaban J connectivity index is 1.95. The number of amides is 2. The number of nitrogens with zero attached hydrogens (tertiary/aromatic N) is 2. The molecule has 1 aliphatic heterocycles. The zero-order valence-electron chi connectivity index (χ0n) is 11.4. The molecule has 1 fully saturated rings. The predicted octanol–water partition coefficient (Wildman–Crippen LogP) is 2.43. The quantitative estimate of drug-likeness (QED) is 0.866. The van der Waals surface area contributed by atoms with Crippen molar-refractivity contribution in [2.24, 2.45) is 0 Å². The van der Waals surface area contributed by atoms with Gasteiger partial charge in [-0.2, -0.15) is 5.26 Å². The van der Waals surface area contributed by atoms with Crippen LogP contribution in [0.15, 0.2) is 24.3 Å². The minimum absolute atomic E-state index is 0.436. The van der Waals surface area contributed by atoms with Gasteiger partial charge in [0.1, 0.15) is 12.5 Å². The lowest BCUT2D eigenvalue weighted by atomic mass is 10.2. The van der Waals surface area contributed by atoms with E-state index in [-0.39, 0.29) is 0 Å². The molecule has 0 aliphatic carbocycles. The Bertz CT molecular complexity index is 628. The lowest BCUT2D eigenvalue weighted by Crippen LogP contribution is -2.37. The molecule has 2 rings (SSSR count). The van der Waals surface area contributed by atoms with Gasteiger partial charge in [-0.3, -0.25) is 9.59 Å². The molecule has 1 unspecified atom stereocenters. The summed E-state index contributed by atoms with van der Waals surface area (Å²) in [6.07, 6.45) is -1.30. The van der Waals surface area contributed by atoms with Gasteiger partial charge in [-0.05, 0) is 24.3 Å². The lowest BCUT2D eigenvalue weighted by molar-refractivity contribution is -0.135. The van der Waals surface area contributed by atoms with Crippen molar-refractivity contribution in [2.75, 3.05) is 11.9 Å². The number of anilines is 1. The maximum absolute atomic E-state index is 13.3. The second-order valence-corrected chi connectivity index (χ2v) is 5.39. The van der Waals surface area contributed by atoms with E-state index in [1.807, 2.05) is 0 Å². The molecule has 0 saturated carbocycles. The first-order chi connectivity index (χ1) is 10.3. The lowest BCUT2D eigenvalue weighted by Gasteiger charge is -2.18. The van der Waals surface area contributed by atoms with Crippen LogP contribution in [0.4, 0.5) is 14.5 Å². The van der Waals surface area contributed by atoms with Crippen molar-refractivity contribution in [3.8, 4) is 6.07 Å². The van der Waals surface area contributed by atoms with Gasteiger partial charge in [-0.25, -0.2) is 8.78 Å². The van der Waals surface area contributed by atoms with Crippen LogP contribution in [0.3, 0.4) is 0 Å². The minimum Gasteiger partial charge on any atom is -0.326 e. The van der Waals surface area contributed by atoms with Crippen LogP contribution in [0, 0.1) is 11.3 Å². The van der Waals surface area contributed by atoms with E-state index in [2.05, 4.69) is 5.32 Å². The van der Waals surface area contributed by atoms with Gasteiger partial charge in [0, 0.05) is 17.1 Å². The number of nitrogens with one attached hydrogen (secondary N) is 1. The van der Waals surface area contributed by atoms with E-state index < -0.39 is 43.2 Å². The maximum atomic E-state index is 13.3. The van der Waals surface area contributed by atoms with E-state index in [4.69, 9.17) is 16.9 Å². The van der Waals surface area contributed by atoms with Crippen LogP contribution in [-0.2, 0) is 9.59 Å². The highest BCUT2D eigenvalue weighted by molar-refractivity contribution is 6.30. The zero-order valence-corrected chi connectivity index (χ0v) is 12.1. The van der Waals surface area contributed by atoms with Crippen LogP contribution in [-0.4, -0.2) is 35.2 Å². The van der Waals surface area contributed by atoms with Gasteiger partial charge in [0.05, 0.1) is 12.6 Å². The summed E-state index contributed by atoms with van der Waals surface area (Å²) in [5.41, 5.74) is 0.436. The van der Waals surface area contributed by atoms with Crippen molar-refractivity contribution in [1.82, 2.24) is 4.90 Å². The van der Waals surface area contributed by atoms with E-state index >= 15 is 0 Å². The number of carbonyl (C=O) groups is 2. The van der Waals surface area contributed by atoms with Gasteiger partial charge in [-0.15, -0.1) is 0 Å². The SMILES string of the molecule is N#CC1CC(F)(F)CN1C(=O)CC(=O)Nc1ccc(Cl)cc1. The van der Waals surface area contributed by atoms with Gasteiger partial charge in [0.25, 0.3) is 5.92 Å². The van der Waals surface area contributed by atoms with E-state index in [1.54, 1.807) is 30.3 Å². The molecule has 1 saturated heterocycles. The van der Waals surface area contributed by atoms with Crippen LogP contribution in [0.1, 0.15) is 12.8 Å². The first-order valence-corrected chi connectivity index (χ1v) is 6.81. The number of hydrogen-bond donors (Lipinski definition) is 1. The van der Waals surface area contributed by atoms with Crippen LogP contribution in [0.2, 0.25) is 5.02 Å². The van der Waals surface area contributed by atoms with Crippen molar-refractivity contribution < 1.29 is 18.4 Å². The molecule has 1 aromatic carbocycles. The van der Waals surface area contributed by atoms with Gasteiger partial charge in [0.2, 0.25) is 11.8 Å². The summed E-state index contributed by atoms with van der Waals surface area (Å²) in [6.45, 7) is -0.835. The maximum Gasteiger partial charge on any atom is 0.268 e. The summed E-state index contributed by atoms with van der Waals surface area (Å²) in [7, 11) is 0. The highest BCUT2D eigenvalue weighted by Crippen LogP contribution is 2.32. The van der Waals surface area contributed by atoms with E-state index in [0.29, 0.717) is 10.7 Å². The summed E-state index contributed by atoms with van der Waals surface area (Å²) < 4.78 is 26.5. The van der Waals surface area contributed by atoms with E-state index in [9.17, 15) is 18.4 Å². The number of hydrogen-bond acceptors (Lipinski definition) is 3. The molecule has 1 aromatic rings. The van der Waals surface area contributed by atoms with Gasteiger partial charge >= 0.3 is 0 Å². The van der Waals surface area contributed by atoms with Crippen LogP contribution >= 0.6 is 11.6 Å². The number of likely N-dealkylation sites (tertiary alicyclic amines) is 1. The zero-order chi connectivity index (χ0) is 16.3. The molecule has 1 N–H and O–H groups in total. The summed E-state index contributed by atoms with van der Waals surface area (Å²) in [6, 6.07) is 6.67. The number of rotatable bonds is 3. The number of alkyl halides is 2. The third kappa shape index (κ3) is 3.92. The molecule has 0 radical (unpaired) electrons. The second-order valence-electron chi connectivity index (χ2n) is 4.96. The third-order valence-corrected chi connectivity index (χ3v) is 3.43. The van der Waals surface area contributed by atoms with Gasteiger partial charge in [-0.1, -0.05) is 11.6 Å². The Morgan fingerprint density at radius 2 is 2.05 bits per heavy atom. The fraction of sp³-hybridized carbons (Fsp3) is 0.357. The number of nitriles is 1. The van der Waals surface area contributed by atoms with E-state index in [1.165, 1.54) is 0 Å². The Kier molecular flexibility index (Phi) is 4.62. The number of benzene rings is 1. The topological polar surface area (TPSA) is 73.2 Å². The Labute approximate surface area is 130 Å². The Hall–Kier alpha value is -2.20. The monoisotopic (exact) mass is 327 g/mol. The normalized spacial score (nSPS) is 19.5. The minimum atomic E-state index is -3.09. The third-order valence-electron chi connectivity index (χ3n) is 3.18. The molecule has 8 heteroatoms. The molecular weight excluding hydrogens is 316 g/mol. The van der Waals surface area contributed by atoms with Crippen molar-refractivity contribution in [3.05, 3.63) is 29.3 Å². The first-order valence-electron chi connectivity index (χ1n) is 6.43. The van der Waals surface area contributed by atoms with Crippen LogP contribution < -0.4 is 5.32 Å². The van der Waals surface area contributed by atoms with Gasteiger partial charge in [0.15, 0.2) is 0 Å². The molecule has 116 valence electrons. The summed E-state index contributed by atoms with van der Waals surface area (Å²) in [5, 5.41) is 11.8. The molecule has 22 heavy (non-hydrogen) atoms. The van der Waals surface area contributed by atoms with E-state index in [0.717, 1.165) is 4.90 Å². The molecule has 0 bridgehead atoms. The van der Waals surface area contributed by atoms with Crippen molar-refractivity contribution in [3.63, 3.8) is 0 Å². The number of halogens is 3. The second kappa shape index (κ2) is 6.28. The fourth-order valence-corrected chi connectivity index (χ4v) is 2.30. The van der Waals surface area contributed by atoms with Crippen LogP contribution in [0.5, 0.6) is 0 Å². The van der Waals surface area contributed by atoms with Crippen LogP contribution in [0.25, 0.3) is 0 Å². The summed E-state index contributed by atoms with van der Waals surface area (Å²) in [5.74, 6) is -4.53.